The molecular formula is C14H13BrN2O2. The van der Waals surface area contributed by atoms with Crippen molar-refractivity contribution < 1.29 is 9.90 Å². The first-order valence-electron chi connectivity index (χ1n) is 5.63. The fraction of sp³-hybridized carbons (Fsp3) is 0.0714. The number of hydrogen-bond donors (Lipinski definition) is 3. The molecule has 0 aliphatic heterocycles. The monoisotopic (exact) mass is 320 g/mol. The molecule has 0 saturated carbocycles. The van der Waals surface area contributed by atoms with Crippen molar-refractivity contribution in [2.75, 3.05) is 11.1 Å². The summed E-state index contributed by atoms with van der Waals surface area (Å²) in [6.07, 6.45) is 0. The Balaban J connectivity index is 2.43. The van der Waals surface area contributed by atoms with Gasteiger partial charge in [-0.3, -0.25) is 0 Å². The largest absolute Gasteiger partial charge is 0.478 e. The SMILES string of the molecule is Cc1ccc(Br)cc1Nc1ccc(N)cc1C(=O)O. The van der Waals surface area contributed by atoms with Crippen LogP contribution >= 0.6 is 15.9 Å². The molecule has 98 valence electrons. The van der Waals surface area contributed by atoms with Crippen LogP contribution in [-0.2, 0) is 0 Å². The molecule has 0 unspecified atom stereocenters. The third kappa shape index (κ3) is 3.06. The zero-order valence-corrected chi connectivity index (χ0v) is 11.9. The summed E-state index contributed by atoms with van der Waals surface area (Å²) in [5, 5.41) is 12.3. The number of nitrogens with two attached hydrogens (primary N) is 1. The van der Waals surface area contributed by atoms with Crippen molar-refractivity contribution in [3.8, 4) is 0 Å². The van der Waals surface area contributed by atoms with Gasteiger partial charge in [-0.1, -0.05) is 22.0 Å². The molecular weight excluding hydrogens is 308 g/mol. The average molecular weight is 321 g/mol. The lowest BCUT2D eigenvalue weighted by Crippen LogP contribution is -2.04. The maximum atomic E-state index is 11.2. The summed E-state index contributed by atoms with van der Waals surface area (Å²) >= 11 is 3.39. The minimum atomic E-state index is -1.01. The van der Waals surface area contributed by atoms with Crippen LogP contribution in [-0.4, -0.2) is 11.1 Å². The average Bonchev–Trinajstić information content (AvgIpc) is 2.35. The van der Waals surface area contributed by atoms with Gasteiger partial charge in [0.25, 0.3) is 0 Å². The van der Waals surface area contributed by atoms with Gasteiger partial charge in [0.1, 0.15) is 0 Å². The van der Waals surface area contributed by atoms with Gasteiger partial charge in [-0.25, -0.2) is 4.79 Å². The summed E-state index contributed by atoms with van der Waals surface area (Å²) in [5.74, 6) is -1.01. The summed E-state index contributed by atoms with van der Waals surface area (Å²) in [5.41, 5.74) is 8.58. The second-order valence-electron chi connectivity index (χ2n) is 4.19. The Bertz CT molecular complexity index is 641. The van der Waals surface area contributed by atoms with Crippen molar-refractivity contribution >= 4 is 39.0 Å². The molecule has 2 rings (SSSR count). The maximum absolute atomic E-state index is 11.2. The van der Waals surface area contributed by atoms with Gasteiger partial charge in [0.05, 0.1) is 11.3 Å². The molecule has 0 heterocycles. The minimum Gasteiger partial charge on any atom is -0.478 e. The molecule has 0 bridgehead atoms. The zero-order valence-electron chi connectivity index (χ0n) is 10.3. The number of hydrogen-bond acceptors (Lipinski definition) is 3. The smallest absolute Gasteiger partial charge is 0.337 e. The summed E-state index contributed by atoms with van der Waals surface area (Å²) in [6, 6.07) is 10.6. The lowest BCUT2D eigenvalue weighted by Gasteiger charge is -2.13. The Hall–Kier alpha value is -2.01. The van der Waals surface area contributed by atoms with Gasteiger partial charge in [-0.2, -0.15) is 0 Å². The highest BCUT2D eigenvalue weighted by Gasteiger charge is 2.11. The van der Waals surface area contributed by atoms with E-state index in [9.17, 15) is 9.90 Å². The number of benzene rings is 2. The van der Waals surface area contributed by atoms with Crippen LogP contribution in [0.25, 0.3) is 0 Å². The van der Waals surface area contributed by atoms with Crippen LogP contribution in [0, 0.1) is 6.92 Å². The highest BCUT2D eigenvalue weighted by atomic mass is 79.9. The number of nitrogen functional groups attached to an aromatic ring is 1. The number of nitrogens with one attached hydrogen (secondary N) is 1. The van der Waals surface area contributed by atoms with Crippen molar-refractivity contribution in [3.63, 3.8) is 0 Å². The van der Waals surface area contributed by atoms with Crippen LogP contribution in [0.1, 0.15) is 15.9 Å². The van der Waals surface area contributed by atoms with Gasteiger partial charge in [-0.05, 0) is 42.8 Å². The molecule has 19 heavy (non-hydrogen) atoms. The number of carboxylic acid groups (broad SMARTS) is 1. The first kappa shape index (κ1) is 13.4. The van der Waals surface area contributed by atoms with E-state index < -0.39 is 5.97 Å². The van der Waals surface area contributed by atoms with Gasteiger partial charge in [0.15, 0.2) is 0 Å². The molecule has 0 saturated heterocycles. The van der Waals surface area contributed by atoms with Crippen LogP contribution in [0.5, 0.6) is 0 Å². The van der Waals surface area contributed by atoms with Crippen LogP contribution in [0.3, 0.4) is 0 Å². The second-order valence-corrected chi connectivity index (χ2v) is 5.11. The fourth-order valence-electron chi connectivity index (χ4n) is 1.72. The Morgan fingerprint density at radius 1 is 1.21 bits per heavy atom. The topological polar surface area (TPSA) is 75.3 Å². The summed E-state index contributed by atoms with van der Waals surface area (Å²) in [4.78, 5) is 11.2. The van der Waals surface area contributed by atoms with Crippen molar-refractivity contribution in [2.45, 2.75) is 6.92 Å². The van der Waals surface area contributed by atoms with E-state index in [-0.39, 0.29) is 5.56 Å². The van der Waals surface area contributed by atoms with Crippen LogP contribution in [0.4, 0.5) is 17.1 Å². The highest BCUT2D eigenvalue weighted by Crippen LogP contribution is 2.27. The molecule has 2 aromatic carbocycles. The summed E-state index contributed by atoms with van der Waals surface area (Å²) in [7, 11) is 0. The van der Waals surface area contributed by atoms with E-state index >= 15 is 0 Å². The number of carboxylic acids is 1. The molecule has 0 amide bonds. The van der Waals surface area contributed by atoms with Gasteiger partial charge >= 0.3 is 5.97 Å². The molecule has 0 fully saturated rings. The lowest BCUT2D eigenvalue weighted by molar-refractivity contribution is 0.0698. The molecule has 2 aromatic rings. The van der Waals surface area contributed by atoms with Crippen molar-refractivity contribution in [1.29, 1.82) is 0 Å². The molecule has 0 spiro atoms. The Labute approximate surface area is 119 Å². The van der Waals surface area contributed by atoms with E-state index in [0.29, 0.717) is 11.4 Å². The maximum Gasteiger partial charge on any atom is 0.337 e. The van der Waals surface area contributed by atoms with E-state index in [0.717, 1.165) is 15.7 Å². The van der Waals surface area contributed by atoms with Crippen molar-refractivity contribution in [2.24, 2.45) is 0 Å². The molecule has 0 aliphatic carbocycles. The zero-order chi connectivity index (χ0) is 14.0. The third-order valence-corrected chi connectivity index (χ3v) is 3.24. The number of halogens is 1. The molecule has 5 heteroatoms. The van der Waals surface area contributed by atoms with Crippen molar-refractivity contribution in [3.05, 3.63) is 52.0 Å². The van der Waals surface area contributed by atoms with E-state index in [2.05, 4.69) is 21.2 Å². The van der Waals surface area contributed by atoms with E-state index in [1.54, 1.807) is 12.1 Å². The summed E-state index contributed by atoms with van der Waals surface area (Å²) in [6.45, 7) is 1.95. The first-order valence-corrected chi connectivity index (χ1v) is 6.42. The summed E-state index contributed by atoms with van der Waals surface area (Å²) < 4.78 is 0.924. The molecule has 0 aromatic heterocycles. The normalized spacial score (nSPS) is 10.2. The molecule has 0 atom stereocenters. The molecule has 0 aliphatic rings. The third-order valence-electron chi connectivity index (χ3n) is 2.74. The fourth-order valence-corrected chi connectivity index (χ4v) is 2.08. The number of anilines is 3. The van der Waals surface area contributed by atoms with Crippen LogP contribution in [0.2, 0.25) is 0 Å². The van der Waals surface area contributed by atoms with E-state index in [4.69, 9.17) is 5.73 Å². The number of aryl methyl sites for hydroxylation is 1. The van der Waals surface area contributed by atoms with Gasteiger partial charge in [0, 0.05) is 15.8 Å². The molecule has 4 N–H and O–H groups in total. The Morgan fingerprint density at radius 2 is 1.95 bits per heavy atom. The quantitative estimate of drug-likeness (QED) is 0.752. The van der Waals surface area contributed by atoms with Gasteiger partial charge in [-0.15, -0.1) is 0 Å². The van der Waals surface area contributed by atoms with Gasteiger partial charge < -0.3 is 16.2 Å². The minimum absolute atomic E-state index is 0.152. The number of carbonyl (C=O) groups is 1. The first-order chi connectivity index (χ1) is 8.97. The predicted octanol–water partition coefficient (Wildman–Crippen LogP) is 3.78. The second kappa shape index (κ2) is 5.32. The van der Waals surface area contributed by atoms with Crippen LogP contribution < -0.4 is 11.1 Å². The number of aromatic carboxylic acids is 1. The molecule has 4 nitrogen and oxygen atoms in total. The van der Waals surface area contributed by atoms with Crippen LogP contribution in [0.15, 0.2) is 40.9 Å². The standard InChI is InChI=1S/C14H13BrN2O2/c1-8-2-3-9(15)6-13(8)17-12-5-4-10(16)7-11(12)14(18)19/h2-7,17H,16H2,1H3,(H,18,19). The molecule has 0 radical (unpaired) electrons. The van der Waals surface area contributed by atoms with Gasteiger partial charge in [0.2, 0.25) is 0 Å². The predicted molar refractivity (Wildman–Crippen MR) is 80.0 cm³/mol. The van der Waals surface area contributed by atoms with E-state index in [1.165, 1.54) is 6.07 Å². The van der Waals surface area contributed by atoms with E-state index in [1.807, 2.05) is 25.1 Å². The van der Waals surface area contributed by atoms with Crippen molar-refractivity contribution in [1.82, 2.24) is 0 Å². The Morgan fingerprint density at radius 3 is 2.63 bits per heavy atom. The number of rotatable bonds is 3. The highest BCUT2D eigenvalue weighted by molar-refractivity contribution is 9.10. The lowest BCUT2D eigenvalue weighted by atomic mass is 10.1. The Kier molecular flexibility index (Phi) is 3.76.